The predicted octanol–water partition coefficient (Wildman–Crippen LogP) is 8.17. The zero-order valence-electron chi connectivity index (χ0n) is 22.4. The van der Waals surface area contributed by atoms with Gasteiger partial charge in [0.25, 0.3) is 11.8 Å². The Bertz CT molecular complexity index is 1070. The number of nitrogens with one attached hydrogen (secondary N) is 2. The van der Waals surface area contributed by atoms with Crippen molar-refractivity contribution in [1.82, 2.24) is 0 Å². The molecule has 0 aliphatic rings. The van der Waals surface area contributed by atoms with Crippen molar-refractivity contribution >= 4 is 23.2 Å². The van der Waals surface area contributed by atoms with Crippen molar-refractivity contribution in [2.45, 2.75) is 78.6 Å². The highest BCUT2D eigenvalue weighted by Crippen LogP contribution is 2.26. The Morgan fingerprint density at radius 2 is 1.03 bits per heavy atom. The molecular weight excluding hydrogens is 444 g/mol. The van der Waals surface area contributed by atoms with E-state index in [0.29, 0.717) is 11.1 Å². The van der Waals surface area contributed by atoms with Gasteiger partial charge in [-0.3, -0.25) is 9.59 Å². The van der Waals surface area contributed by atoms with Gasteiger partial charge in [0, 0.05) is 22.5 Å². The summed E-state index contributed by atoms with van der Waals surface area (Å²) in [5, 5.41) is 5.98. The molecule has 3 aromatic carbocycles. The van der Waals surface area contributed by atoms with E-state index >= 15 is 0 Å². The number of unbranched alkanes of at least 4 members (excludes halogenated alkanes) is 2. The Morgan fingerprint density at radius 3 is 1.36 bits per heavy atom. The van der Waals surface area contributed by atoms with Gasteiger partial charge in [-0.1, -0.05) is 71.7 Å². The number of hydrogen-bond acceptors (Lipinski definition) is 2. The van der Waals surface area contributed by atoms with E-state index in [4.69, 9.17) is 0 Å². The van der Waals surface area contributed by atoms with Gasteiger partial charge in [-0.25, -0.2) is 0 Å². The van der Waals surface area contributed by atoms with Gasteiger partial charge in [0.15, 0.2) is 0 Å². The maximum Gasteiger partial charge on any atom is 0.255 e. The van der Waals surface area contributed by atoms with Crippen molar-refractivity contribution in [2.24, 2.45) is 0 Å². The molecular formula is C32H40N2O2. The molecule has 2 amide bonds. The van der Waals surface area contributed by atoms with E-state index in [1.807, 2.05) is 36.4 Å². The van der Waals surface area contributed by atoms with Gasteiger partial charge in [0.2, 0.25) is 0 Å². The van der Waals surface area contributed by atoms with Crippen molar-refractivity contribution in [2.75, 3.05) is 10.6 Å². The second-order valence-corrected chi connectivity index (χ2v) is 10.6. The molecule has 4 heteroatoms. The van der Waals surface area contributed by atoms with Crippen molar-refractivity contribution < 1.29 is 9.59 Å². The lowest BCUT2D eigenvalue weighted by Gasteiger charge is -2.21. The van der Waals surface area contributed by atoms with Crippen LogP contribution in [0.2, 0.25) is 0 Å². The summed E-state index contributed by atoms with van der Waals surface area (Å²) in [7, 11) is 0. The first kappa shape index (κ1) is 27.2. The molecule has 190 valence electrons. The quantitative estimate of drug-likeness (QED) is 0.305. The zero-order valence-corrected chi connectivity index (χ0v) is 22.4. The molecule has 0 spiro atoms. The van der Waals surface area contributed by atoms with E-state index in [0.717, 1.165) is 55.5 Å². The minimum absolute atomic E-state index is 0.215. The van der Waals surface area contributed by atoms with Crippen molar-refractivity contribution in [3.8, 4) is 0 Å². The second kappa shape index (κ2) is 12.5. The molecule has 0 radical (unpaired) electrons. The van der Waals surface area contributed by atoms with Crippen LogP contribution in [0.4, 0.5) is 11.4 Å². The highest BCUT2D eigenvalue weighted by molar-refractivity contribution is 6.09. The highest BCUT2D eigenvalue weighted by atomic mass is 16.2. The zero-order chi connectivity index (χ0) is 26.1. The maximum absolute atomic E-state index is 13.2. The largest absolute Gasteiger partial charge is 0.322 e. The standard InChI is InChI=1S/C32H40N2O2/c1-6-8-10-23-12-16-28(17-13-23)33-30(35)25-20-26(22-27(21-25)32(3,4)5)31(36)34-29-18-14-24(15-19-29)11-9-7-2/h12-22H,6-11H2,1-5H3,(H,33,35)(H,34,36). The van der Waals surface area contributed by atoms with Crippen LogP contribution in [0.15, 0.2) is 66.7 Å². The Hall–Kier alpha value is -3.40. The van der Waals surface area contributed by atoms with Gasteiger partial charge >= 0.3 is 0 Å². The van der Waals surface area contributed by atoms with E-state index in [1.165, 1.54) is 11.1 Å². The van der Waals surface area contributed by atoms with Crippen LogP contribution in [-0.2, 0) is 18.3 Å². The van der Waals surface area contributed by atoms with Gasteiger partial charge in [-0.15, -0.1) is 0 Å². The third-order valence-electron chi connectivity index (χ3n) is 6.39. The number of amides is 2. The summed E-state index contributed by atoms with van der Waals surface area (Å²) in [6.07, 6.45) is 6.69. The van der Waals surface area contributed by atoms with E-state index in [9.17, 15) is 9.59 Å². The van der Waals surface area contributed by atoms with Crippen LogP contribution >= 0.6 is 0 Å². The molecule has 0 saturated heterocycles. The van der Waals surface area contributed by atoms with E-state index in [-0.39, 0.29) is 17.2 Å². The molecule has 3 aromatic rings. The fourth-order valence-electron chi connectivity index (χ4n) is 4.00. The number of aryl methyl sites for hydroxylation is 2. The molecule has 0 aromatic heterocycles. The lowest BCUT2D eigenvalue weighted by atomic mass is 9.85. The smallest absolute Gasteiger partial charge is 0.255 e. The first-order valence-corrected chi connectivity index (χ1v) is 13.2. The average Bonchev–Trinajstić information content (AvgIpc) is 2.87. The average molecular weight is 485 g/mol. The van der Waals surface area contributed by atoms with E-state index < -0.39 is 0 Å². The van der Waals surface area contributed by atoms with Crippen LogP contribution < -0.4 is 10.6 Å². The van der Waals surface area contributed by atoms with Gasteiger partial charge in [0.05, 0.1) is 0 Å². The summed E-state index contributed by atoms with van der Waals surface area (Å²) < 4.78 is 0. The summed E-state index contributed by atoms with van der Waals surface area (Å²) in [5.74, 6) is -0.450. The Balaban J connectivity index is 1.79. The van der Waals surface area contributed by atoms with Crippen LogP contribution in [0.1, 0.15) is 97.7 Å². The Morgan fingerprint density at radius 1 is 0.639 bits per heavy atom. The summed E-state index contributed by atoms with van der Waals surface area (Å²) in [5.41, 5.74) is 5.68. The van der Waals surface area contributed by atoms with E-state index in [2.05, 4.69) is 69.5 Å². The van der Waals surface area contributed by atoms with E-state index in [1.54, 1.807) is 6.07 Å². The maximum atomic E-state index is 13.2. The third kappa shape index (κ3) is 7.81. The summed E-state index contributed by atoms with van der Waals surface area (Å²) in [6, 6.07) is 21.4. The molecule has 0 bridgehead atoms. The Labute approximate surface area is 216 Å². The minimum Gasteiger partial charge on any atom is -0.322 e. The molecule has 0 aliphatic carbocycles. The highest BCUT2D eigenvalue weighted by Gasteiger charge is 2.20. The topological polar surface area (TPSA) is 58.2 Å². The molecule has 3 rings (SSSR count). The van der Waals surface area contributed by atoms with Crippen LogP contribution in [0, 0.1) is 0 Å². The lowest BCUT2D eigenvalue weighted by molar-refractivity contribution is 0.102. The Kier molecular flexibility index (Phi) is 9.46. The fourth-order valence-corrected chi connectivity index (χ4v) is 4.00. The first-order chi connectivity index (χ1) is 17.2. The summed E-state index contributed by atoms with van der Waals surface area (Å²) in [4.78, 5) is 26.3. The number of carbonyl (C=O) groups excluding carboxylic acids is 2. The fraction of sp³-hybridized carbons (Fsp3) is 0.375. The monoisotopic (exact) mass is 484 g/mol. The minimum atomic E-state index is -0.225. The summed E-state index contributed by atoms with van der Waals surface area (Å²) >= 11 is 0. The molecule has 0 unspecified atom stereocenters. The number of carbonyl (C=O) groups is 2. The molecule has 0 fully saturated rings. The molecule has 0 saturated carbocycles. The number of hydrogen-bond donors (Lipinski definition) is 2. The second-order valence-electron chi connectivity index (χ2n) is 10.6. The van der Waals surface area contributed by atoms with Gasteiger partial charge in [-0.2, -0.15) is 0 Å². The lowest BCUT2D eigenvalue weighted by Crippen LogP contribution is -2.19. The molecule has 4 nitrogen and oxygen atoms in total. The third-order valence-corrected chi connectivity index (χ3v) is 6.39. The van der Waals surface area contributed by atoms with Crippen molar-refractivity contribution in [3.05, 3.63) is 94.5 Å². The van der Waals surface area contributed by atoms with Crippen LogP contribution in [-0.4, -0.2) is 11.8 Å². The molecule has 0 aliphatic heterocycles. The van der Waals surface area contributed by atoms with Crippen molar-refractivity contribution in [3.63, 3.8) is 0 Å². The van der Waals surface area contributed by atoms with Gasteiger partial charge in [-0.05, 0) is 90.3 Å². The number of anilines is 2. The predicted molar refractivity (Wildman–Crippen MR) is 151 cm³/mol. The van der Waals surface area contributed by atoms with Crippen LogP contribution in [0.3, 0.4) is 0 Å². The molecule has 0 atom stereocenters. The molecule has 2 N–H and O–H groups in total. The van der Waals surface area contributed by atoms with Crippen molar-refractivity contribution in [1.29, 1.82) is 0 Å². The number of rotatable bonds is 10. The van der Waals surface area contributed by atoms with Gasteiger partial charge < -0.3 is 10.6 Å². The van der Waals surface area contributed by atoms with Crippen LogP contribution in [0.25, 0.3) is 0 Å². The van der Waals surface area contributed by atoms with Gasteiger partial charge in [0.1, 0.15) is 0 Å². The SMILES string of the molecule is CCCCc1ccc(NC(=O)c2cc(C(=O)Nc3ccc(CCCC)cc3)cc(C(C)(C)C)c2)cc1. The normalized spacial score (nSPS) is 11.2. The number of benzene rings is 3. The molecule has 0 heterocycles. The first-order valence-electron chi connectivity index (χ1n) is 13.2. The van der Waals surface area contributed by atoms with Crippen LogP contribution in [0.5, 0.6) is 0 Å². The summed E-state index contributed by atoms with van der Waals surface area (Å²) in [6.45, 7) is 10.6. The molecule has 36 heavy (non-hydrogen) atoms.